The average molecular weight is 492 g/mol. The quantitative estimate of drug-likeness (QED) is 0.334. The molecule has 3 aromatic carbocycles. The summed E-state index contributed by atoms with van der Waals surface area (Å²) in [6.45, 7) is 0.210. The number of amides is 1. The maximum absolute atomic E-state index is 13.6. The number of pyridine rings is 1. The van der Waals surface area contributed by atoms with Crippen LogP contribution in [0.4, 0.5) is 8.78 Å². The van der Waals surface area contributed by atoms with Gasteiger partial charge in [0.1, 0.15) is 23.0 Å². The fourth-order valence-corrected chi connectivity index (χ4v) is 4.07. The second-order valence-corrected chi connectivity index (χ2v) is 8.40. The molecule has 0 unspecified atom stereocenters. The Labute approximate surface area is 209 Å². The summed E-state index contributed by atoms with van der Waals surface area (Å²) < 4.78 is 27.1. The molecule has 0 atom stereocenters. The van der Waals surface area contributed by atoms with Gasteiger partial charge in [0.15, 0.2) is 0 Å². The van der Waals surface area contributed by atoms with Crippen LogP contribution in [-0.4, -0.2) is 30.8 Å². The molecule has 0 spiro atoms. The Hall–Kier alpha value is -5.05. The van der Waals surface area contributed by atoms with Crippen LogP contribution in [0.2, 0.25) is 0 Å². The zero-order valence-corrected chi connectivity index (χ0v) is 19.2. The Morgan fingerprint density at radius 1 is 0.757 bits per heavy atom. The second kappa shape index (κ2) is 9.19. The van der Waals surface area contributed by atoms with E-state index in [1.165, 1.54) is 24.3 Å². The standard InChI is InChI=1S/C28H18F2N6O/c29-19-6-1-16(2-7-19)26-27(17-3-8-20(30)9-4-17)36-23-13-18(5-10-21(23)35-26)28(37)32-15-25-33-22-11-12-31-14-24(22)34-25/h1-14H,15H2,(H,32,37)(H,33,34). The van der Waals surface area contributed by atoms with Crippen molar-refractivity contribution in [1.29, 1.82) is 0 Å². The van der Waals surface area contributed by atoms with Gasteiger partial charge in [-0.2, -0.15) is 0 Å². The maximum atomic E-state index is 13.6. The van der Waals surface area contributed by atoms with E-state index in [2.05, 4.69) is 20.3 Å². The fourth-order valence-electron chi connectivity index (χ4n) is 4.07. The molecule has 7 nitrogen and oxygen atoms in total. The summed E-state index contributed by atoms with van der Waals surface area (Å²) in [6, 6.07) is 18.7. The van der Waals surface area contributed by atoms with Crippen LogP contribution in [0, 0.1) is 11.6 Å². The van der Waals surface area contributed by atoms with Crippen LogP contribution < -0.4 is 5.32 Å². The topological polar surface area (TPSA) is 96.5 Å². The molecule has 0 aliphatic carbocycles. The van der Waals surface area contributed by atoms with Crippen LogP contribution in [0.3, 0.4) is 0 Å². The Morgan fingerprint density at radius 2 is 1.41 bits per heavy atom. The van der Waals surface area contributed by atoms with Crippen molar-refractivity contribution in [2.75, 3.05) is 0 Å². The van der Waals surface area contributed by atoms with Crippen LogP contribution in [0.25, 0.3) is 44.6 Å². The van der Waals surface area contributed by atoms with Crippen LogP contribution in [0.5, 0.6) is 0 Å². The van der Waals surface area contributed by atoms with E-state index in [4.69, 9.17) is 9.97 Å². The molecular formula is C28H18F2N6O. The predicted octanol–water partition coefficient (Wildman–Crippen LogP) is 5.44. The first-order chi connectivity index (χ1) is 18.0. The lowest BCUT2D eigenvalue weighted by atomic mass is 10.0. The number of nitrogens with zero attached hydrogens (tertiary/aromatic N) is 4. The van der Waals surface area contributed by atoms with Crippen molar-refractivity contribution in [3.05, 3.63) is 108 Å². The molecular weight excluding hydrogens is 474 g/mol. The van der Waals surface area contributed by atoms with Gasteiger partial charge in [-0.1, -0.05) is 0 Å². The Balaban J connectivity index is 1.35. The number of halogens is 2. The van der Waals surface area contributed by atoms with Crippen molar-refractivity contribution in [3.63, 3.8) is 0 Å². The van der Waals surface area contributed by atoms with E-state index in [-0.39, 0.29) is 24.1 Å². The number of H-pyrrole nitrogens is 1. The van der Waals surface area contributed by atoms with Gasteiger partial charge in [0, 0.05) is 22.9 Å². The van der Waals surface area contributed by atoms with E-state index in [1.807, 2.05) is 6.07 Å². The normalized spacial score (nSPS) is 11.2. The summed E-state index contributed by atoms with van der Waals surface area (Å²) in [5, 5.41) is 2.86. The lowest BCUT2D eigenvalue weighted by molar-refractivity contribution is 0.0950. The molecule has 6 rings (SSSR count). The Kier molecular flexibility index (Phi) is 5.57. The van der Waals surface area contributed by atoms with Gasteiger partial charge in [-0.25, -0.2) is 23.7 Å². The van der Waals surface area contributed by atoms with E-state index in [1.54, 1.807) is 54.9 Å². The number of nitrogens with one attached hydrogen (secondary N) is 2. The van der Waals surface area contributed by atoms with Gasteiger partial charge < -0.3 is 10.3 Å². The van der Waals surface area contributed by atoms with Gasteiger partial charge in [-0.15, -0.1) is 0 Å². The lowest BCUT2D eigenvalue weighted by Crippen LogP contribution is -2.23. The highest BCUT2D eigenvalue weighted by Gasteiger charge is 2.16. The van der Waals surface area contributed by atoms with Gasteiger partial charge in [-0.05, 0) is 72.8 Å². The number of aromatic amines is 1. The number of rotatable bonds is 5. The van der Waals surface area contributed by atoms with Crippen molar-refractivity contribution in [3.8, 4) is 22.5 Å². The number of hydrogen-bond donors (Lipinski definition) is 2. The molecule has 0 radical (unpaired) electrons. The number of fused-ring (bicyclic) bond motifs is 2. The highest BCUT2D eigenvalue weighted by Crippen LogP contribution is 2.31. The lowest BCUT2D eigenvalue weighted by Gasteiger charge is -2.12. The first-order valence-electron chi connectivity index (χ1n) is 11.4. The third kappa shape index (κ3) is 4.50. The summed E-state index contributed by atoms with van der Waals surface area (Å²) in [4.78, 5) is 34.0. The molecule has 37 heavy (non-hydrogen) atoms. The molecule has 0 saturated heterocycles. The van der Waals surface area contributed by atoms with Gasteiger partial charge >= 0.3 is 0 Å². The number of carbonyl (C=O) groups is 1. The molecule has 180 valence electrons. The SMILES string of the molecule is O=C(NCc1nc2cnccc2[nH]1)c1ccc2nc(-c3ccc(F)cc3)c(-c3ccc(F)cc3)nc2c1. The van der Waals surface area contributed by atoms with Crippen LogP contribution >= 0.6 is 0 Å². The number of aromatic nitrogens is 5. The fraction of sp³-hybridized carbons (Fsp3) is 0.0357. The molecule has 0 aliphatic heterocycles. The summed E-state index contributed by atoms with van der Waals surface area (Å²) >= 11 is 0. The largest absolute Gasteiger partial charge is 0.345 e. The number of imidazole rings is 1. The minimum absolute atomic E-state index is 0.210. The second-order valence-electron chi connectivity index (χ2n) is 8.40. The van der Waals surface area contributed by atoms with Crippen molar-refractivity contribution in [2.45, 2.75) is 6.54 Å². The summed E-state index contributed by atoms with van der Waals surface area (Å²) in [6.07, 6.45) is 3.32. The van der Waals surface area contributed by atoms with Gasteiger partial charge in [0.25, 0.3) is 5.91 Å². The zero-order valence-electron chi connectivity index (χ0n) is 19.2. The molecule has 9 heteroatoms. The maximum Gasteiger partial charge on any atom is 0.251 e. The Bertz CT molecular complexity index is 1730. The van der Waals surface area contributed by atoms with E-state index in [0.717, 1.165) is 11.0 Å². The minimum atomic E-state index is -0.375. The number of carbonyl (C=O) groups excluding carboxylic acids is 1. The molecule has 0 aliphatic rings. The summed E-state index contributed by atoms with van der Waals surface area (Å²) in [7, 11) is 0. The van der Waals surface area contributed by atoms with Gasteiger partial charge in [0.05, 0.1) is 40.7 Å². The molecule has 2 N–H and O–H groups in total. The zero-order chi connectivity index (χ0) is 25.4. The smallest absolute Gasteiger partial charge is 0.251 e. The minimum Gasteiger partial charge on any atom is -0.345 e. The van der Waals surface area contributed by atoms with Crippen LogP contribution in [-0.2, 0) is 6.54 Å². The van der Waals surface area contributed by atoms with Crippen molar-refractivity contribution in [1.82, 2.24) is 30.2 Å². The Morgan fingerprint density at radius 3 is 2.05 bits per heavy atom. The first-order valence-corrected chi connectivity index (χ1v) is 11.4. The third-order valence-electron chi connectivity index (χ3n) is 5.91. The van der Waals surface area contributed by atoms with Crippen LogP contribution in [0.1, 0.15) is 16.2 Å². The monoisotopic (exact) mass is 492 g/mol. The number of hydrogen-bond acceptors (Lipinski definition) is 5. The summed E-state index contributed by atoms with van der Waals surface area (Å²) in [5.41, 5.74) is 5.34. The molecule has 6 aromatic rings. The van der Waals surface area contributed by atoms with E-state index >= 15 is 0 Å². The summed E-state index contributed by atoms with van der Waals surface area (Å²) in [5.74, 6) is -0.427. The van der Waals surface area contributed by atoms with E-state index in [0.29, 0.717) is 44.9 Å². The predicted molar refractivity (Wildman–Crippen MR) is 135 cm³/mol. The molecule has 0 saturated carbocycles. The number of benzene rings is 3. The average Bonchev–Trinajstić information content (AvgIpc) is 3.35. The van der Waals surface area contributed by atoms with Crippen molar-refractivity contribution >= 4 is 28.0 Å². The molecule has 3 aromatic heterocycles. The van der Waals surface area contributed by atoms with Gasteiger partial charge in [0.2, 0.25) is 0 Å². The molecule has 0 fully saturated rings. The van der Waals surface area contributed by atoms with E-state index in [9.17, 15) is 13.6 Å². The highest BCUT2D eigenvalue weighted by molar-refractivity contribution is 5.98. The molecule has 0 bridgehead atoms. The van der Waals surface area contributed by atoms with Crippen LogP contribution in [0.15, 0.2) is 85.2 Å². The molecule has 1 amide bonds. The van der Waals surface area contributed by atoms with Crippen molar-refractivity contribution < 1.29 is 13.6 Å². The van der Waals surface area contributed by atoms with Crippen molar-refractivity contribution in [2.24, 2.45) is 0 Å². The third-order valence-corrected chi connectivity index (χ3v) is 5.91. The molecule has 3 heterocycles. The van der Waals surface area contributed by atoms with Gasteiger partial charge in [-0.3, -0.25) is 9.78 Å². The highest BCUT2D eigenvalue weighted by atomic mass is 19.1. The first kappa shape index (κ1) is 22.4. The van der Waals surface area contributed by atoms with E-state index < -0.39 is 0 Å².